The number of halogens is 2. The number of benzene rings is 1. The topological polar surface area (TPSA) is 41.5 Å². The predicted octanol–water partition coefficient (Wildman–Crippen LogP) is 3.89. The summed E-state index contributed by atoms with van der Waals surface area (Å²) >= 11 is 13.5. The summed E-state index contributed by atoms with van der Waals surface area (Å²) in [5.41, 5.74) is 2.52. The lowest BCUT2D eigenvalue weighted by Gasteiger charge is -2.14. The van der Waals surface area contributed by atoms with Crippen molar-refractivity contribution in [3.05, 3.63) is 50.1 Å². The van der Waals surface area contributed by atoms with Crippen LogP contribution in [0, 0.1) is 6.92 Å². The highest BCUT2D eigenvalue weighted by molar-refractivity contribution is 7.08. The van der Waals surface area contributed by atoms with Gasteiger partial charge in [0.15, 0.2) is 0 Å². The first-order valence-electron chi connectivity index (χ1n) is 6.54. The second-order valence-electron chi connectivity index (χ2n) is 4.75. The number of nitrogens with one attached hydrogen (secondary N) is 1. The maximum Gasteiger partial charge on any atom is 0.139 e. The lowest BCUT2D eigenvalue weighted by molar-refractivity contribution is 0.106. The molecule has 21 heavy (non-hydrogen) atoms. The van der Waals surface area contributed by atoms with Crippen LogP contribution < -0.4 is 10.1 Å². The summed E-state index contributed by atoms with van der Waals surface area (Å²) in [4.78, 5) is 0. The van der Waals surface area contributed by atoms with Crippen LogP contribution in [0.3, 0.4) is 0 Å². The van der Waals surface area contributed by atoms with E-state index in [2.05, 4.69) is 23.0 Å². The molecule has 0 amide bonds. The van der Waals surface area contributed by atoms with E-state index in [1.165, 1.54) is 11.1 Å². The minimum absolute atomic E-state index is 0.162. The summed E-state index contributed by atoms with van der Waals surface area (Å²) < 4.78 is 5.49. The Morgan fingerprint density at radius 3 is 2.86 bits per heavy atom. The van der Waals surface area contributed by atoms with Crippen LogP contribution in [-0.2, 0) is 6.54 Å². The van der Waals surface area contributed by atoms with E-state index in [1.54, 1.807) is 29.5 Å². The zero-order valence-electron chi connectivity index (χ0n) is 11.6. The van der Waals surface area contributed by atoms with Crippen LogP contribution in [0.5, 0.6) is 5.75 Å². The summed E-state index contributed by atoms with van der Waals surface area (Å²) in [6, 6.07) is 5.00. The second kappa shape index (κ2) is 8.01. The number of aliphatic hydroxyl groups is 1. The molecule has 3 nitrogen and oxygen atoms in total. The molecular formula is C15H17Cl2NO2S. The Bertz CT molecular complexity index is 589. The summed E-state index contributed by atoms with van der Waals surface area (Å²) in [7, 11) is 0. The van der Waals surface area contributed by atoms with Crippen molar-refractivity contribution >= 4 is 34.5 Å². The van der Waals surface area contributed by atoms with E-state index in [1.807, 2.05) is 0 Å². The van der Waals surface area contributed by atoms with Gasteiger partial charge in [0, 0.05) is 24.2 Å². The Morgan fingerprint density at radius 1 is 1.33 bits per heavy atom. The molecule has 0 fully saturated rings. The van der Waals surface area contributed by atoms with Crippen molar-refractivity contribution in [3.63, 3.8) is 0 Å². The van der Waals surface area contributed by atoms with Gasteiger partial charge in [-0.2, -0.15) is 11.3 Å². The van der Waals surface area contributed by atoms with Gasteiger partial charge in [-0.15, -0.1) is 0 Å². The van der Waals surface area contributed by atoms with Crippen LogP contribution in [0.15, 0.2) is 29.0 Å². The maximum atomic E-state index is 9.91. The molecule has 6 heteroatoms. The second-order valence-corrected chi connectivity index (χ2v) is 6.34. The lowest BCUT2D eigenvalue weighted by atomic mass is 10.2. The van der Waals surface area contributed by atoms with Crippen molar-refractivity contribution in [1.82, 2.24) is 5.32 Å². The molecule has 0 saturated heterocycles. The van der Waals surface area contributed by atoms with Crippen LogP contribution in [0.1, 0.15) is 11.1 Å². The first kappa shape index (κ1) is 16.6. The van der Waals surface area contributed by atoms with Crippen molar-refractivity contribution in [2.75, 3.05) is 13.2 Å². The van der Waals surface area contributed by atoms with Gasteiger partial charge in [0.25, 0.3) is 0 Å². The molecule has 0 bridgehead atoms. The van der Waals surface area contributed by atoms with Gasteiger partial charge in [-0.25, -0.2) is 0 Å². The van der Waals surface area contributed by atoms with Gasteiger partial charge in [-0.05, 0) is 40.9 Å². The molecular weight excluding hydrogens is 329 g/mol. The Balaban J connectivity index is 1.73. The zero-order valence-corrected chi connectivity index (χ0v) is 13.9. The summed E-state index contributed by atoms with van der Waals surface area (Å²) in [6.07, 6.45) is -0.612. The molecule has 2 aromatic rings. The van der Waals surface area contributed by atoms with E-state index in [-0.39, 0.29) is 6.61 Å². The normalized spacial score (nSPS) is 12.4. The minimum Gasteiger partial charge on any atom is -0.489 e. The standard InChI is InChI=1S/C15H17Cl2NO2S/c1-10-8-21-9-11(10)5-18-6-13(19)7-20-15-4-12(16)2-3-14(15)17/h2-4,8-9,13,18-19H,5-7H2,1H3. The Labute approximate surface area is 138 Å². The molecule has 1 atom stereocenters. The molecule has 0 aliphatic rings. The van der Waals surface area contributed by atoms with E-state index in [9.17, 15) is 5.11 Å². The average molecular weight is 346 g/mol. The Hall–Kier alpha value is -0.780. The van der Waals surface area contributed by atoms with Crippen LogP contribution in [-0.4, -0.2) is 24.4 Å². The largest absolute Gasteiger partial charge is 0.489 e. The van der Waals surface area contributed by atoms with Crippen molar-refractivity contribution in [2.45, 2.75) is 19.6 Å². The van der Waals surface area contributed by atoms with Crippen LogP contribution in [0.25, 0.3) is 0 Å². The fraction of sp³-hybridized carbons (Fsp3) is 0.333. The highest BCUT2D eigenvalue weighted by atomic mass is 35.5. The molecule has 1 aromatic heterocycles. The first-order valence-corrected chi connectivity index (χ1v) is 8.24. The SMILES string of the molecule is Cc1cscc1CNCC(O)COc1cc(Cl)ccc1Cl. The molecule has 0 aliphatic carbocycles. The van der Waals surface area contributed by atoms with E-state index in [0.29, 0.717) is 22.3 Å². The highest BCUT2D eigenvalue weighted by Crippen LogP contribution is 2.27. The van der Waals surface area contributed by atoms with Crippen LogP contribution >= 0.6 is 34.5 Å². The van der Waals surface area contributed by atoms with E-state index < -0.39 is 6.10 Å². The van der Waals surface area contributed by atoms with Crippen molar-refractivity contribution in [2.24, 2.45) is 0 Å². The molecule has 0 spiro atoms. The first-order chi connectivity index (χ1) is 10.1. The monoisotopic (exact) mass is 345 g/mol. The van der Waals surface area contributed by atoms with Crippen LogP contribution in [0.4, 0.5) is 0 Å². The highest BCUT2D eigenvalue weighted by Gasteiger charge is 2.08. The Kier molecular flexibility index (Phi) is 6.33. The number of thiophene rings is 1. The average Bonchev–Trinajstić information content (AvgIpc) is 2.85. The van der Waals surface area contributed by atoms with Gasteiger partial charge < -0.3 is 15.2 Å². The molecule has 1 heterocycles. The van der Waals surface area contributed by atoms with Gasteiger partial charge in [0.2, 0.25) is 0 Å². The minimum atomic E-state index is -0.612. The summed E-state index contributed by atoms with van der Waals surface area (Å²) in [5, 5.41) is 18.4. The number of hydrogen-bond donors (Lipinski definition) is 2. The van der Waals surface area contributed by atoms with Gasteiger partial charge >= 0.3 is 0 Å². The van der Waals surface area contributed by atoms with E-state index in [4.69, 9.17) is 27.9 Å². The summed E-state index contributed by atoms with van der Waals surface area (Å²) in [6.45, 7) is 3.43. The third-order valence-electron chi connectivity index (χ3n) is 2.98. The number of ether oxygens (including phenoxy) is 1. The number of hydrogen-bond acceptors (Lipinski definition) is 4. The van der Waals surface area contributed by atoms with E-state index in [0.717, 1.165) is 6.54 Å². The maximum absolute atomic E-state index is 9.91. The molecule has 1 aromatic carbocycles. The lowest BCUT2D eigenvalue weighted by Crippen LogP contribution is -2.31. The molecule has 1 unspecified atom stereocenters. The third-order valence-corrected chi connectivity index (χ3v) is 4.44. The molecule has 2 N–H and O–H groups in total. The van der Waals surface area contributed by atoms with Gasteiger partial charge in [-0.1, -0.05) is 23.2 Å². The quantitative estimate of drug-likeness (QED) is 0.799. The smallest absolute Gasteiger partial charge is 0.139 e. The number of aryl methyl sites for hydroxylation is 1. The third kappa shape index (κ3) is 5.16. The van der Waals surface area contributed by atoms with E-state index >= 15 is 0 Å². The van der Waals surface area contributed by atoms with Gasteiger partial charge in [0.1, 0.15) is 18.5 Å². The molecule has 0 aliphatic heterocycles. The molecule has 0 saturated carbocycles. The summed E-state index contributed by atoms with van der Waals surface area (Å²) in [5.74, 6) is 0.483. The van der Waals surface area contributed by atoms with Gasteiger partial charge in [0.05, 0.1) is 5.02 Å². The van der Waals surface area contributed by atoms with Gasteiger partial charge in [-0.3, -0.25) is 0 Å². The molecule has 0 radical (unpaired) electrons. The van der Waals surface area contributed by atoms with Crippen molar-refractivity contribution in [1.29, 1.82) is 0 Å². The number of rotatable bonds is 7. The molecule has 114 valence electrons. The van der Waals surface area contributed by atoms with Crippen molar-refractivity contribution in [3.8, 4) is 5.75 Å². The fourth-order valence-corrected chi connectivity index (χ4v) is 2.97. The fourth-order valence-electron chi connectivity index (χ4n) is 1.77. The van der Waals surface area contributed by atoms with Crippen LogP contribution in [0.2, 0.25) is 10.0 Å². The zero-order chi connectivity index (χ0) is 15.2. The van der Waals surface area contributed by atoms with Crippen molar-refractivity contribution < 1.29 is 9.84 Å². The Morgan fingerprint density at radius 2 is 2.14 bits per heavy atom. The predicted molar refractivity (Wildman–Crippen MR) is 88.7 cm³/mol. The number of aliphatic hydroxyl groups excluding tert-OH is 1. The molecule has 2 rings (SSSR count).